The van der Waals surface area contributed by atoms with Crippen molar-refractivity contribution in [1.29, 1.82) is 0 Å². The number of likely N-dealkylation sites (N-methyl/N-ethyl adjacent to an activating group) is 1. The van der Waals surface area contributed by atoms with Crippen LogP contribution in [0.25, 0.3) is 10.8 Å². The fourth-order valence-electron chi connectivity index (χ4n) is 2.32. The Morgan fingerprint density at radius 2 is 1.95 bits per heavy atom. The predicted octanol–water partition coefficient (Wildman–Crippen LogP) is 1.74. The molecule has 0 aromatic heterocycles. The van der Waals surface area contributed by atoms with Crippen LogP contribution in [0.2, 0.25) is 0 Å². The van der Waals surface area contributed by atoms with Crippen molar-refractivity contribution >= 4 is 28.9 Å². The maximum absolute atomic E-state index is 12.2. The number of nitrogens with zero attached hydrogens (tertiary/aromatic N) is 2. The number of aliphatic imine (C=N–C) groups is 1. The standard InChI is InChI=1S/C17H19N3O2/c1-12(18)19-17(22)16(20(2)11-21)10-13-7-8-14-5-3-4-6-15(14)9-13/h3-9,11,16H,10H2,1-2H3,(H2,18,19,22)/t16-/m1/s1. The van der Waals surface area contributed by atoms with E-state index in [0.717, 1.165) is 16.3 Å². The van der Waals surface area contributed by atoms with Crippen molar-refractivity contribution in [2.75, 3.05) is 7.05 Å². The van der Waals surface area contributed by atoms with Gasteiger partial charge in [0.1, 0.15) is 6.04 Å². The van der Waals surface area contributed by atoms with Crippen LogP contribution in [0.3, 0.4) is 0 Å². The number of fused-ring (bicyclic) bond motifs is 1. The van der Waals surface area contributed by atoms with Crippen molar-refractivity contribution in [2.45, 2.75) is 19.4 Å². The Kier molecular flexibility index (Phi) is 4.88. The van der Waals surface area contributed by atoms with E-state index in [2.05, 4.69) is 4.99 Å². The second-order valence-electron chi connectivity index (χ2n) is 5.26. The molecule has 114 valence electrons. The monoisotopic (exact) mass is 297 g/mol. The Balaban J connectivity index is 2.30. The molecule has 0 aliphatic heterocycles. The average Bonchev–Trinajstić information content (AvgIpc) is 2.51. The van der Waals surface area contributed by atoms with Crippen molar-refractivity contribution in [3.8, 4) is 0 Å². The van der Waals surface area contributed by atoms with Crippen LogP contribution in [-0.2, 0) is 16.0 Å². The van der Waals surface area contributed by atoms with Crippen molar-refractivity contribution in [3.05, 3.63) is 48.0 Å². The van der Waals surface area contributed by atoms with E-state index in [4.69, 9.17) is 5.73 Å². The van der Waals surface area contributed by atoms with E-state index in [1.54, 1.807) is 14.0 Å². The minimum atomic E-state index is -0.655. The summed E-state index contributed by atoms with van der Waals surface area (Å²) in [5.74, 6) is -0.226. The van der Waals surface area contributed by atoms with Crippen LogP contribution < -0.4 is 5.73 Å². The first kappa shape index (κ1) is 15.7. The van der Waals surface area contributed by atoms with Gasteiger partial charge in [0.15, 0.2) is 0 Å². The first-order valence-electron chi connectivity index (χ1n) is 7.01. The van der Waals surface area contributed by atoms with E-state index in [9.17, 15) is 9.59 Å². The minimum Gasteiger partial charge on any atom is -0.387 e. The maximum atomic E-state index is 12.2. The first-order chi connectivity index (χ1) is 10.5. The number of rotatable bonds is 5. The number of hydrogen-bond acceptors (Lipinski definition) is 2. The van der Waals surface area contributed by atoms with Gasteiger partial charge >= 0.3 is 0 Å². The van der Waals surface area contributed by atoms with Crippen molar-refractivity contribution in [2.24, 2.45) is 10.7 Å². The van der Waals surface area contributed by atoms with Gasteiger partial charge in [-0.2, -0.15) is 4.99 Å². The van der Waals surface area contributed by atoms with E-state index in [1.807, 2.05) is 42.5 Å². The van der Waals surface area contributed by atoms with Crippen molar-refractivity contribution in [1.82, 2.24) is 4.90 Å². The van der Waals surface area contributed by atoms with Crippen LogP contribution in [-0.4, -0.2) is 36.1 Å². The van der Waals surface area contributed by atoms with Gasteiger partial charge in [-0.15, -0.1) is 0 Å². The lowest BCUT2D eigenvalue weighted by Crippen LogP contribution is -2.39. The highest BCUT2D eigenvalue weighted by atomic mass is 16.2. The average molecular weight is 297 g/mol. The zero-order valence-corrected chi connectivity index (χ0v) is 12.7. The van der Waals surface area contributed by atoms with E-state index in [1.165, 1.54) is 4.90 Å². The van der Waals surface area contributed by atoms with Gasteiger partial charge in [0, 0.05) is 13.5 Å². The molecule has 0 heterocycles. The number of carbonyl (C=O) groups excluding carboxylic acids is 2. The molecule has 2 aromatic rings. The summed E-state index contributed by atoms with van der Waals surface area (Å²) < 4.78 is 0. The molecule has 22 heavy (non-hydrogen) atoms. The summed E-state index contributed by atoms with van der Waals surface area (Å²) in [6.07, 6.45) is 1.03. The molecular weight excluding hydrogens is 278 g/mol. The molecule has 0 aliphatic rings. The van der Waals surface area contributed by atoms with Gasteiger partial charge in [0.2, 0.25) is 6.41 Å². The van der Waals surface area contributed by atoms with Gasteiger partial charge in [-0.1, -0.05) is 42.5 Å². The van der Waals surface area contributed by atoms with Crippen molar-refractivity contribution < 1.29 is 9.59 Å². The van der Waals surface area contributed by atoms with Gasteiger partial charge in [-0.25, -0.2) is 0 Å². The SMILES string of the molecule is CC(N)=NC(=O)[C@@H](Cc1ccc2ccccc2c1)N(C)C=O. The Hall–Kier alpha value is -2.69. The molecular formula is C17H19N3O2. The fraction of sp³-hybridized carbons (Fsp3) is 0.235. The topological polar surface area (TPSA) is 75.8 Å². The second-order valence-corrected chi connectivity index (χ2v) is 5.26. The third-order valence-electron chi connectivity index (χ3n) is 3.47. The van der Waals surface area contributed by atoms with Gasteiger partial charge in [0.05, 0.1) is 5.84 Å². The Labute approximate surface area is 129 Å². The van der Waals surface area contributed by atoms with Crippen molar-refractivity contribution in [3.63, 3.8) is 0 Å². The third-order valence-corrected chi connectivity index (χ3v) is 3.47. The smallest absolute Gasteiger partial charge is 0.270 e. The predicted molar refractivity (Wildman–Crippen MR) is 87.6 cm³/mol. The molecule has 0 fully saturated rings. The second kappa shape index (κ2) is 6.85. The van der Waals surface area contributed by atoms with E-state index >= 15 is 0 Å². The Morgan fingerprint density at radius 3 is 2.59 bits per heavy atom. The molecule has 2 aromatic carbocycles. The molecule has 5 nitrogen and oxygen atoms in total. The summed E-state index contributed by atoms with van der Waals surface area (Å²) >= 11 is 0. The zero-order valence-electron chi connectivity index (χ0n) is 12.7. The number of amides is 2. The Morgan fingerprint density at radius 1 is 1.27 bits per heavy atom. The van der Waals surface area contributed by atoms with Crippen LogP contribution in [0, 0.1) is 0 Å². The number of hydrogen-bond donors (Lipinski definition) is 1. The molecule has 1 atom stereocenters. The quantitative estimate of drug-likeness (QED) is 0.519. The Bertz CT molecular complexity index is 721. The summed E-state index contributed by atoms with van der Waals surface area (Å²) in [7, 11) is 1.57. The largest absolute Gasteiger partial charge is 0.387 e. The molecule has 0 bridgehead atoms. The van der Waals surface area contributed by atoms with Crippen LogP contribution >= 0.6 is 0 Å². The van der Waals surface area contributed by atoms with Crippen LogP contribution in [0.1, 0.15) is 12.5 Å². The van der Waals surface area contributed by atoms with E-state index in [-0.39, 0.29) is 5.84 Å². The molecule has 2 N–H and O–H groups in total. The number of benzene rings is 2. The lowest BCUT2D eigenvalue weighted by Gasteiger charge is -2.21. The molecule has 0 aliphatic carbocycles. The van der Waals surface area contributed by atoms with E-state index < -0.39 is 11.9 Å². The molecule has 2 rings (SSSR count). The number of amidine groups is 1. The summed E-state index contributed by atoms with van der Waals surface area (Å²) in [5, 5.41) is 2.23. The third kappa shape index (κ3) is 3.69. The van der Waals surface area contributed by atoms with Crippen LogP contribution in [0.5, 0.6) is 0 Å². The molecule has 0 saturated carbocycles. The lowest BCUT2D eigenvalue weighted by molar-refractivity contribution is -0.129. The molecule has 0 radical (unpaired) electrons. The first-order valence-corrected chi connectivity index (χ1v) is 7.01. The minimum absolute atomic E-state index is 0.188. The summed E-state index contributed by atoms with van der Waals surface area (Å²) in [5.41, 5.74) is 6.43. The van der Waals surface area contributed by atoms with Crippen LogP contribution in [0.15, 0.2) is 47.5 Å². The van der Waals surface area contributed by atoms with Gasteiger partial charge < -0.3 is 10.6 Å². The van der Waals surface area contributed by atoms with Gasteiger partial charge in [0.25, 0.3) is 5.91 Å². The maximum Gasteiger partial charge on any atom is 0.270 e. The molecule has 5 heteroatoms. The van der Waals surface area contributed by atoms with Crippen LogP contribution in [0.4, 0.5) is 0 Å². The molecule has 0 spiro atoms. The molecule has 0 unspecified atom stereocenters. The normalized spacial score (nSPS) is 12.9. The number of carbonyl (C=O) groups is 2. The van der Waals surface area contributed by atoms with Gasteiger partial charge in [-0.05, 0) is 23.3 Å². The molecule has 0 saturated heterocycles. The highest BCUT2D eigenvalue weighted by Crippen LogP contribution is 2.18. The number of nitrogens with two attached hydrogens (primary N) is 1. The lowest BCUT2D eigenvalue weighted by atomic mass is 10.0. The van der Waals surface area contributed by atoms with E-state index in [0.29, 0.717) is 12.8 Å². The fourth-order valence-corrected chi connectivity index (χ4v) is 2.32. The molecule has 2 amide bonds. The summed E-state index contributed by atoms with van der Waals surface area (Å²) in [6.45, 7) is 1.55. The zero-order chi connectivity index (χ0) is 16.1. The highest BCUT2D eigenvalue weighted by molar-refractivity contribution is 5.95. The van der Waals surface area contributed by atoms with Gasteiger partial charge in [-0.3, -0.25) is 9.59 Å². The summed E-state index contributed by atoms with van der Waals surface area (Å²) in [6, 6.07) is 13.3. The highest BCUT2D eigenvalue weighted by Gasteiger charge is 2.22. The summed E-state index contributed by atoms with van der Waals surface area (Å²) in [4.78, 5) is 28.3.